The van der Waals surface area contributed by atoms with Gasteiger partial charge in [-0.3, -0.25) is 9.69 Å². The number of aliphatic carboxylic acids is 1. The van der Waals surface area contributed by atoms with Crippen molar-refractivity contribution in [3.05, 3.63) is 12.2 Å². The number of rotatable bonds is 2. The SMILES string of the molecule is CC(C)(C)N1CCN(C(=O)C=CC(=O)O)CC1. The molecule has 96 valence electrons. The van der Waals surface area contributed by atoms with Crippen molar-refractivity contribution in [1.29, 1.82) is 0 Å². The van der Waals surface area contributed by atoms with Crippen molar-refractivity contribution in [2.45, 2.75) is 26.3 Å². The van der Waals surface area contributed by atoms with Crippen molar-refractivity contribution in [3.8, 4) is 0 Å². The summed E-state index contributed by atoms with van der Waals surface area (Å²) in [5.74, 6) is -1.31. The Bertz CT molecular complexity index is 323. The maximum atomic E-state index is 11.6. The maximum absolute atomic E-state index is 11.6. The molecule has 5 heteroatoms. The first-order chi connectivity index (χ1) is 7.80. The lowest BCUT2D eigenvalue weighted by Gasteiger charge is -2.42. The summed E-state index contributed by atoms with van der Waals surface area (Å²) in [7, 11) is 0. The average Bonchev–Trinajstić information content (AvgIpc) is 2.25. The first-order valence-corrected chi connectivity index (χ1v) is 5.75. The van der Waals surface area contributed by atoms with Crippen LogP contribution in [-0.2, 0) is 9.59 Å². The van der Waals surface area contributed by atoms with E-state index < -0.39 is 5.97 Å². The van der Waals surface area contributed by atoms with Crippen LogP contribution in [0.5, 0.6) is 0 Å². The predicted octanol–water partition coefficient (Wildman–Crippen LogP) is 0.570. The van der Waals surface area contributed by atoms with Gasteiger partial charge in [0.2, 0.25) is 5.91 Å². The number of carboxylic acids is 1. The number of carbonyl (C=O) groups excluding carboxylic acids is 1. The van der Waals surface area contributed by atoms with Gasteiger partial charge in [-0.25, -0.2) is 4.79 Å². The standard InChI is InChI=1S/C12H20N2O3/c1-12(2,3)14-8-6-13(7-9-14)10(15)4-5-11(16)17/h4-5H,6-9H2,1-3H3,(H,16,17). The van der Waals surface area contributed by atoms with Crippen LogP contribution in [0.2, 0.25) is 0 Å². The number of carbonyl (C=O) groups is 2. The molecule has 17 heavy (non-hydrogen) atoms. The normalized spacial score (nSPS) is 18.6. The van der Waals surface area contributed by atoms with Gasteiger partial charge in [0, 0.05) is 43.9 Å². The third-order valence-corrected chi connectivity index (χ3v) is 2.91. The quantitative estimate of drug-likeness (QED) is 0.717. The molecule has 0 aliphatic carbocycles. The average molecular weight is 240 g/mol. The minimum Gasteiger partial charge on any atom is -0.478 e. The molecule has 1 aliphatic rings. The van der Waals surface area contributed by atoms with Crippen molar-refractivity contribution in [2.75, 3.05) is 26.2 Å². The van der Waals surface area contributed by atoms with Gasteiger partial charge in [-0.05, 0) is 20.8 Å². The van der Waals surface area contributed by atoms with Gasteiger partial charge >= 0.3 is 5.97 Å². The minimum atomic E-state index is -1.09. The molecule has 0 bridgehead atoms. The van der Waals surface area contributed by atoms with Crippen molar-refractivity contribution in [3.63, 3.8) is 0 Å². The fourth-order valence-corrected chi connectivity index (χ4v) is 1.85. The molecule has 0 spiro atoms. The maximum Gasteiger partial charge on any atom is 0.328 e. The van der Waals surface area contributed by atoms with E-state index in [4.69, 9.17) is 5.11 Å². The zero-order valence-electron chi connectivity index (χ0n) is 10.6. The fourth-order valence-electron chi connectivity index (χ4n) is 1.85. The number of hydrogen-bond donors (Lipinski definition) is 1. The van der Waals surface area contributed by atoms with E-state index in [0.29, 0.717) is 13.1 Å². The Labute approximate surface area is 102 Å². The van der Waals surface area contributed by atoms with Crippen molar-refractivity contribution in [2.24, 2.45) is 0 Å². The van der Waals surface area contributed by atoms with Gasteiger partial charge in [0.1, 0.15) is 0 Å². The molecule has 0 aromatic carbocycles. The summed E-state index contributed by atoms with van der Waals surface area (Å²) in [6, 6.07) is 0. The topological polar surface area (TPSA) is 60.9 Å². The number of amides is 1. The summed E-state index contributed by atoms with van der Waals surface area (Å²) in [5.41, 5.74) is 0.117. The van der Waals surface area contributed by atoms with Crippen LogP contribution in [0, 0.1) is 0 Å². The first kappa shape index (κ1) is 13.7. The van der Waals surface area contributed by atoms with E-state index in [1.54, 1.807) is 4.90 Å². The Kier molecular flexibility index (Phi) is 4.28. The second-order valence-electron chi connectivity index (χ2n) is 5.15. The number of carboxylic acid groups (broad SMARTS) is 1. The smallest absolute Gasteiger partial charge is 0.328 e. The van der Waals surface area contributed by atoms with Gasteiger partial charge in [-0.2, -0.15) is 0 Å². The van der Waals surface area contributed by atoms with Crippen LogP contribution < -0.4 is 0 Å². The minimum absolute atomic E-state index is 0.117. The zero-order chi connectivity index (χ0) is 13.1. The second kappa shape index (κ2) is 5.31. The van der Waals surface area contributed by atoms with Gasteiger partial charge in [0.15, 0.2) is 0 Å². The lowest BCUT2D eigenvalue weighted by atomic mass is 10.0. The van der Waals surface area contributed by atoms with Crippen LogP contribution in [0.1, 0.15) is 20.8 Å². The summed E-state index contributed by atoms with van der Waals surface area (Å²) >= 11 is 0. The van der Waals surface area contributed by atoms with E-state index in [1.165, 1.54) is 0 Å². The number of piperazine rings is 1. The highest BCUT2D eigenvalue weighted by Gasteiger charge is 2.26. The van der Waals surface area contributed by atoms with Gasteiger partial charge in [-0.15, -0.1) is 0 Å². The van der Waals surface area contributed by atoms with Crippen molar-refractivity contribution in [1.82, 2.24) is 9.80 Å². The Morgan fingerprint density at radius 2 is 1.59 bits per heavy atom. The molecular weight excluding hydrogens is 220 g/mol. The summed E-state index contributed by atoms with van der Waals surface area (Å²) < 4.78 is 0. The molecule has 1 fully saturated rings. The van der Waals surface area contributed by atoms with E-state index >= 15 is 0 Å². The molecule has 0 atom stereocenters. The molecule has 0 saturated carbocycles. The summed E-state index contributed by atoms with van der Waals surface area (Å²) in [6.45, 7) is 9.41. The van der Waals surface area contributed by atoms with E-state index in [0.717, 1.165) is 25.2 Å². The molecule has 0 unspecified atom stereocenters. The van der Waals surface area contributed by atoms with Crippen molar-refractivity contribution < 1.29 is 14.7 Å². The van der Waals surface area contributed by atoms with E-state index in [-0.39, 0.29) is 11.4 Å². The molecule has 0 aromatic rings. The van der Waals surface area contributed by atoms with Crippen LogP contribution in [0.3, 0.4) is 0 Å². The van der Waals surface area contributed by atoms with Gasteiger partial charge in [-0.1, -0.05) is 0 Å². The Balaban J connectivity index is 2.47. The van der Waals surface area contributed by atoms with Crippen molar-refractivity contribution >= 4 is 11.9 Å². The highest BCUT2D eigenvalue weighted by molar-refractivity contribution is 5.93. The summed E-state index contributed by atoms with van der Waals surface area (Å²) in [4.78, 5) is 25.9. The van der Waals surface area contributed by atoms with Crippen LogP contribution in [0.15, 0.2) is 12.2 Å². The molecule has 0 aromatic heterocycles. The highest BCUT2D eigenvalue weighted by atomic mass is 16.4. The first-order valence-electron chi connectivity index (χ1n) is 5.75. The molecule has 5 nitrogen and oxygen atoms in total. The van der Waals surface area contributed by atoms with Gasteiger partial charge in [0.05, 0.1) is 0 Å². The second-order valence-corrected chi connectivity index (χ2v) is 5.15. The van der Waals surface area contributed by atoms with E-state index in [2.05, 4.69) is 25.7 Å². The molecule has 0 radical (unpaired) electrons. The largest absolute Gasteiger partial charge is 0.478 e. The monoisotopic (exact) mass is 240 g/mol. The van der Waals surface area contributed by atoms with Crippen LogP contribution in [0.25, 0.3) is 0 Å². The van der Waals surface area contributed by atoms with Crippen LogP contribution in [-0.4, -0.2) is 58.5 Å². The molecule has 1 N–H and O–H groups in total. The molecule has 1 rings (SSSR count). The molecule has 1 saturated heterocycles. The van der Waals surface area contributed by atoms with E-state index in [9.17, 15) is 9.59 Å². The van der Waals surface area contributed by atoms with Gasteiger partial charge in [0.25, 0.3) is 0 Å². The number of hydrogen-bond acceptors (Lipinski definition) is 3. The lowest BCUT2D eigenvalue weighted by molar-refractivity contribution is -0.132. The molecule has 1 aliphatic heterocycles. The van der Waals surface area contributed by atoms with Gasteiger partial charge < -0.3 is 10.0 Å². The third-order valence-electron chi connectivity index (χ3n) is 2.91. The van der Waals surface area contributed by atoms with Crippen LogP contribution in [0.4, 0.5) is 0 Å². The lowest BCUT2D eigenvalue weighted by Crippen LogP contribution is -2.54. The molecule has 1 heterocycles. The fraction of sp³-hybridized carbons (Fsp3) is 0.667. The van der Waals surface area contributed by atoms with Crippen LogP contribution >= 0.6 is 0 Å². The molecular formula is C12H20N2O3. The number of nitrogens with zero attached hydrogens (tertiary/aromatic N) is 2. The Morgan fingerprint density at radius 3 is 2.00 bits per heavy atom. The summed E-state index contributed by atoms with van der Waals surface area (Å²) in [5, 5.41) is 8.44. The Hall–Kier alpha value is -1.36. The predicted molar refractivity (Wildman–Crippen MR) is 64.7 cm³/mol. The molecule has 1 amide bonds. The zero-order valence-corrected chi connectivity index (χ0v) is 10.6. The summed E-state index contributed by atoms with van der Waals surface area (Å²) in [6.07, 6.45) is 2.01. The Morgan fingerprint density at radius 1 is 1.06 bits per heavy atom. The third kappa shape index (κ3) is 4.19. The van der Waals surface area contributed by atoms with E-state index in [1.807, 2.05) is 0 Å². The highest BCUT2D eigenvalue weighted by Crippen LogP contribution is 2.15.